The Balaban J connectivity index is 1.94. The molecule has 4 heteroatoms. The molecule has 0 saturated carbocycles. The molecule has 1 saturated heterocycles. The number of benzene rings is 1. The Kier molecular flexibility index (Phi) is 5.37. The van der Waals surface area contributed by atoms with Gasteiger partial charge in [0.05, 0.1) is 6.54 Å². The lowest BCUT2D eigenvalue weighted by atomic mass is 10.1. The summed E-state index contributed by atoms with van der Waals surface area (Å²) in [7, 11) is 0. The van der Waals surface area contributed by atoms with Gasteiger partial charge < -0.3 is 9.80 Å². The van der Waals surface area contributed by atoms with E-state index >= 15 is 0 Å². The molecule has 4 nitrogen and oxygen atoms in total. The highest BCUT2D eigenvalue weighted by Crippen LogP contribution is 2.14. The Bertz CT molecular complexity index is 487. The van der Waals surface area contributed by atoms with Gasteiger partial charge in [0.15, 0.2) is 0 Å². The Labute approximate surface area is 126 Å². The van der Waals surface area contributed by atoms with Crippen LogP contribution in [-0.2, 0) is 16.0 Å². The van der Waals surface area contributed by atoms with Gasteiger partial charge in [0.25, 0.3) is 0 Å². The third-order valence-corrected chi connectivity index (χ3v) is 4.05. The van der Waals surface area contributed by atoms with Crippen molar-refractivity contribution >= 4 is 11.8 Å². The van der Waals surface area contributed by atoms with E-state index in [0.29, 0.717) is 13.1 Å². The average molecular weight is 288 g/mol. The molecule has 1 aliphatic heterocycles. The maximum atomic E-state index is 12.4. The van der Waals surface area contributed by atoms with Crippen LogP contribution in [0.3, 0.4) is 0 Å². The molecular formula is C17H24N2O2. The highest BCUT2D eigenvalue weighted by Gasteiger charge is 2.35. The SMILES string of the molecule is CCCCN1C(=O)CN(CCc2ccccc2)C(=O)[C@H]1C. The van der Waals surface area contributed by atoms with Crippen molar-refractivity contribution in [3.05, 3.63) is 35.9 Å². The third-order valence-electron chi connectivity index (χ3n) is 4.05. The van der Waals surface area contributed by atoms with Crippen molar-refractivity contribution in [2.24, 2.45) is 0 Å². The zero-order valence-corrected chi connectivity index (χ0v) is 12.9. The van der Waals surface area contributed by atoms with E-state index in [4.69, 9.17) is 0 Å². The molecule has 2 rings (SSSR count). The largest absolute Gasteiger partial charge is 0.331 e. The molecule has 2 amide bonds. The minimum Gasteiger partial charge on any atom is -0.331 e. The number of hydrogen-bond donors (Lipinski definition) is 0. The van der Waals surface area contributed by atoms with Crippen LogP contribution in [0.1, 0.15) is 32.3 Å². The van der Waals surface area contributed by atoms with Crippen LogP contribution in [0.5, 0.6) is 0 Å². The summed E-state index contributed by atoms with van der Waals surface area (Å²) in [6.45, 7) is 5.45. The lowest BCUT2D eigenvalue weighted by Crippen LogP contribution is -2.59. The Hall–Kier alpha value is -1.84. The van der Waals surface area contributed by atoms with Gasteiger partial charge in [0, 0.05) is 13.1 Å². The molecule has 114 valence electrons. The highest BCUT2D eigenvalue weighted by molar-refractivity contribution is 5.94. The number of piperazine rings is 1. The normalized spacial score (nSPS) is 19.2. The summed E-state index contributed by atoms with van der Waals surface area (Å²) in [5.74, 6) is 0.144. The molecule has 1 heterocycles. The second-order valence-electron chi connectivity index (χ2n) is 5.61. The summed E-state index contributed by atoms with van der Waals surface area (Å²) in [6, 6.07) is 9.74. The first-order chi connectivity index (χ1) is 10.1. The molecule has 0 aliphatic carbocycles. The zero-order valence-electron chi connectivity index (χ0n) is 12.9. The topological polar surface area (TPSA) is 40.6 Å². The van der Waals surface area contributed by atoms with Gasteiger partial charge in [-0.1, -0.05) is 43.7 Å². The van der Waals surface area contributed by atoms with Crippen LogP contribution < -0.4 is 0 Å². The first-order valence-electron chi connectivity index (χ1n) is 7.75. The van der Waals surface area contributed by atoms with Crippen molar-refractivity contribution in [1.29, 1.82) is 0 Å². The molecule has 0 aromatic heterocycles. The molecule has 1 aromatic rings. The van der Waals surface area contributed by atoms with E-state index in [1.54, 1.807) is 9.80 Å². The lowest BCUT2D eigenvalue weighted by Gasteiger charge is -2.38. The second kappa shape index (κ2) is 7.25. The third kappa shape index (κ3) is 3.84. The summed E-state index contributed by atoms with van der Waals surface area (Å²) in [6.07, 6.45) is 2.78. The molecule has 1 fully saturated rings. The van der Waals surface area contributed by atoms with Crippen molar-refractivity contribution < 1.29 is 9.59 Å². The van der Waals surface area contributed by atoms with Gasteiger partial charge in [0.2, 0.25) is 11.8 Å². The molecule has 21 heavy (non-hydrogen) atoms. The number of carbonyl (C=O) groups excluding carboxylic acids is 2. The van der Waals surface area contributed by atoms with E-state index in [1.807, 2.05) is 37.3 Å². The molecule has 0 unspecified atom stereocenters. The number of carbonyl (C=O) groups is 2. The van der Waals surface area contributed by atoms with Crippen LogP contribution in [0.4, 0.5) is 0 Å². The lowest BCUT2D eigenvalue weighted by molar-refractivity contribution is -0.155. The standard InChI is InChI=1S/C17H24N2O2/c1-3-4-11-19-14(2)17(21)18(13-16(19)20)12-10-15-8-6-5-7-9-15/h5-9,14H,3-4,10-13H2,1-2H3/t14-/m1/s1. The van der Waals surface area contributed by atoms with Crippen molar-refractivity contribution in [1.82, 2.24) is 9.80 Å². The van der Waals surface area contributed by atoms with Crippen molar-refractivity contribution in [2.45, 2.75) is 39.2 Å². The van der Waals surface area contributed by atoms with Crippen molar-refractivity contribution in [3.8, 4) is 0 Å². The minimum atomic E-state index is -0.325. The van der Waals surface area contributed by atoms with Gasteiger partial charge in [-0.2, -0.15) is 0 Å². The highest BCUT2D eigenvalue weighted by atomic mass is 16.2. The Morgan fingerprint density at radius 2 is 1.86 bits per heavy atom. The van der Waals surface area contributed by atoms with Gasteiger partial charge in [-0.05, 0) is 25.3 Å². The van der Waals surface area contributed by atoms with Crippen molar-refractivity contribution in [3.63, 3.8) is 0 Å². The van der Waals surface area contributed by atoms with E-state index in [2.05, 4.69) is 6.92 Å². The fourth-order valence-electron chi connectivity index (χ4n) is 2.69. The molecule has 0 N–H and O–H groups in total. The molecular weight excluding hydrogens is 264 g/mol. The number of amides is 2. The average Bonchev–Trinajstić information content (AvgIpc) is 2.50. The van der Waals surface area contributed by atoms with Gasteiger partial charge >= 0.3 is 0 Å². The van der Waals surface area contributed by atoms with Gasteiger partial charge in [0.1, 0.15) is 6.04 Å². The fourth-order valence-corrected chi connectivity index (χ4v) is 2.69. The molecule has 1 aromatic carbocycles. The van der Waals surface area contributed by atoms with Gasteiger partial charge in [-0.15, -0.1) is 0 Å². The molecule has 1 atom stereocenters. The van der Waals surface area contributed by atoms with E-state index in [0.717, 1.165) is 19.3 Å². The van der Waals surface area contributed by atoms with Crippen LogP contribution in [-0.4, -0.2) is 47.3 Å². The van der Waals surface area contributed by atoms with E-state index in [9.17, 15) is 9.59 Å². The van der Waals surface area contributed by atoms with Gasteiger partial charge in [-0.3, -0.25) is 9.59 Å². The summed E-state index contributed by atoms with van der Waals surface area (Å²) in [4.78, 5) is 28.0. The monoisotopic (exact) mass is 288 g/mol. The molecule has 0 radical (unpaired) electrons. The van der Waals surface area contributed by atoms with E-state index < -0.39 is 0 Å². The van der Waals surface area contributed by atoms with Crippen LogP contribution in [0.25, 0.3) is 0 Å². The number of hydrogen-bond acceptors (Lipinski definition) is 2. The Morgan fingerprint density at radius 1 is 1.14 bits per heavy atom. The number of rotatable bonds is 6. The van der Waals surface area contributed by atoms with Crippen LogP contribution in [0, 0.1) is 0 Å². The van der Waals surface area contributed by atoms with E-state index in [-0.39, 0.29) is 24.4 Å². The fraction of sp³-hybridized carbons (Fsp3) is 0.529. The molecule has 1 aliphatic rings. The van der Waals surface area contributed by atoms with Gasteiger partial charge in [-0.25, -0.2) is 0 Å². The summed E-state index contributed by atoms with van der Waals surface area (Å²) < 4.78 is 0. The van der Waals surface area contributed by atoms with Crippen molar-refractivity contribution in [2.75, 3.05) is 19.6 Å². The van der Waals surface area contributed by atoms with Crippen LogP contribution in [0.15, 0.2) is 30.3 Å². The molecule has 0 bridgehead atoms. The predicted octanol–water partition coefficient (Wildman–Crippen LogP) is 2.09. The van der Waals surface area contributed by atoms with Crippen LogP contribution >= 0.6 is 0 Å². The smallest absolute Gasteiger partial charge is 0.245 e. The summed E-state index contributed by atoms with van der Waals surface area (Å²) in [5, 5.41) is 0. The predicted molar refractivity (Wildman–Crippen MR) is 82.8 cm³/mol. The zero-order chi connectivity index (χ0) is 15.2. The maximum absolute atomic E-state index is 12.4. The van der Waals surface area contributed by atoms with Crippen LogP contribution in [0.2, 0.25) is 0 Å². The summed E-state index contributed by atoms with van der Waals surface area (Å²) >= 11 is 0. The quantitative estimate of drug-likeness (QED) is 0.804. The maximum Gasteiger partial charge on any atom is 0.245 e. The summed E-state index contributed by atoms with van der Waals surface area (Å²) in [5.41, 5.74) is 1.19. The first-order valence-corrected chi connectivity index (χ1v) is 7.75. The number of nitrogens with zero attached hydrogens (tertiary/aromatic N) is 2. The number of unbranched alkanes of at least 4 members (excludes halogenated alkanes) is 1. The molecule has 0 spiro atoms. The minimum absolute atomic E-state index is 0.0710. The second-order valence-corrected chi connectivity index (χ2v) is 5.61. The Morgan fingerprint density at radius 3 is 2.52 bits per heavy atom. The van der Waals surface area contributed by atoms with E-state index in [1.165, 1.54) is 5.56 Å². The first kappa shape index (κ1) is 15.5.